The third-order valence-electron chi connectivity index (χ3n) is 5.42. The van der Waals surface area contributed by atoms with Crippen molar-refractivity contribution in [1.82, 2.24) is 20.1 Å². The van der Waals surface area contributed by atoms with Gasteiger partial charge in [0.1, 0.15) is 28.0 Å². The van der Waals surface area contributed by atoms with Gasteiger partial charge in [-0.1, -0.05) is 18.2 Å². The number of para-hydroxylation sites is 1. The van der Waals surface area contributed by atoms with Crippen LogP contribution in [0.25, 0.3) is 32.0 Å². The van der Waals surface area contributed by atoms with Crippen molar-refractivity contribution in [2.24, 2.45) is 0 Å². The molecule has 5 rings (SSSR count). The number of rotatable bonds is 3. The molecule has 2 aromatic carbocycles. The monoisotopic (exact) mass is 440 g/mol. The Morgan fingerprint density at radius 1 is 1.26 bits per heavy atom. The Labute approximate surface area is 180 Å². The Hall–Kier alpha value is -3.17. The van der Waals surface area contributed by atoms with Crippen LogP contribution in [0.15, 0.2) is 36.4 Å². The van der Waals surface area contributed by atoms with Crippen molar-refractivity contribution in [1.29, 1.82) is 0 Å². The number of aliphatic hydroxyl groups is 1. The van der Waals surface area contributed by atoms with Crippen LogP contribution in [0.1, 0.15) is 22.5 Å². The molecule has 9 heteroatoms. The predicted molar refractivity (Wildman–Crippen MR) is 114 cm³/mol. The highest BCUT2D eigenvalue weighted by Gasteiger charge is 2.30. The van der Waals surface area contributed by atoms with Crippen molar-refractivity contribution in [3.8, 4) is 21.1 Å². The molecular formula is C22H18F2N4O2S. The van der Waals surface area contributed by atoms with Gasteiger partial charge in [0.2, 0.25) is 0 Å². The van der Waals surface area contributed by atoms with E-state index < -0.39 is 17.7 Å². The van der Waals surface area contributed by atoms with Crippen molar-refractivity contribution in [3.05, 3.63) is 59.3 Å². The predicted octanol–water partition coefficient (Wildman–Crippen LogP) is 4.15. The van der Waals surface area contributed by atoms with E-state index in [1.807, 2.05) is 25.1 Å². The van der Waals surface area contributed by atoms with Crippen molar-refractivity contribution in [3.63, 3.8) is 0 Å². The molecule has 0 saturated carbocycles. The number of halogens is 2. The summed E-state index contributed by atoms with van der Waals surface area (Å²) in [5, 5.41) is 18.5. The van der Waals surface area contributed by atoms with Crippen LogP contribution in [0.2, 0.25) is 0 Å². The van der Waals surface area contributed by atoms with Crippen LogP contribution < -0.4 is 0 Å². The summed E-state index contributed by atoms with van der Waals surface area (Å²) >= 11 is 1.16. The third-order valence-corrected chi connectivity index (χ3v) is 6.53. The van der Waals surface area contributed by atoms with E-state index in [4.69, 9.17) is 0 Å². The van der Waals surface area contributed by atoms with Crippen LogP contribution in [-0.2, 0) is 0 Å². The van der Waals surface area contributed by atoms with Crippen LogP contribution in [0, 0.1) is 18.6 Å². The normalized spacial score (nSPS) is 16.4. The third kappa shape index (κ3) is 3.49. The lowest BCUT2D eigenvalue weighted by molar-refractivity contribution is 0.0761. The van der Waals surface area contributed by atoms with Gasteiger partial charge in [0.05, 0.1) is 16.5 Å². The van der Waals surface area contributed by atoms with Gasteiger partial charge in [-0.3, -0.25) is 9.89 Å². The van der Waals surface area contributed by atoms with Crippen LogP contribution in [0.5, 0.6) is 0 Å². The lowest BCUT2D eigenvalue weighted by Crippen LogP contribution is -2.30. The molecule has 0 bridgehead atoms. The van der Waals surface area contributed by atoms with Gasteiger partial charge < -0.3 is 10.0 Å². The molecule has 4 aromatic rings. The van der Waals surface area contributed by atoms with Crippen molar-refractivity contribution >= 4 is 28.1 Å². The fourth-order valence-electron chi connectivity index (χ4n) is 3.87. The molecule has 1 saturated heterocycles. The van der Waals surface area contributed by atoms with Crippen LogP contribution >= 0.6 is 11.3 Å². The maximum atomic E-state index is 13.9. The highest BCUT2D eigenvalue weighted by molar-refractivity contribution is 7.18. The van der Waals surface area contributed by atoms with E-state index in [0.717, 1.165) is 33.9 Å². The average Bonchev–Trinajstić information content (AvgIpc) is 3.44. The smallest absolute Gasteiger partial charge is 0.274 e. The van der Waals surface area contributed by atoms with E-state index in [1.165, 1.54) is 17.0 Å². The Morgan fingerprint density at radius 2 is 2.03 bits per heavy atom. The minimum atomic E-state index is -0.735. The molecule has 6 nitrogen and oxygen atoms in total. The SMILES string of the molecule is Cc1cccc2c(-c3nc(C(=O)N4CCC(O)C4)c(-c4cc(F)cc(F)c4)s3)n[nH]c12. The summed E-state index contributed by atoms with van der Waals surface area (Å²) in [7, 11) is 0. The summed E-state index contributed by atoms with van der Waals surface area (Å²) in [6.45, 7) is 2.56. The molecular weight excluding hydrogens is 422 g/mol. The molecule has 1 atom stereocenters. The Morgan fingerprint density at radius 3 is 2.74 bits per heavy atom. The van der Waals surface area contributed by atoms with E-state index in [0.29, 0.717) is 28.5 Å². The second kappa shape index (κ2) is 7.51. The number of nitrogens with one attached hydrogen (secondary N) is 1. The molecule has 1 aliphatic heterocycles. The van der Waals surface area contributed by atoms with E-state index in [-0.39, 0.29) is 23.7 Å². The standard InChI is InChI=1S/C22H18F2N4O2S/c1-11-3-2-4-16-17(11)26-27-18(16)21-25-19(22(30)28-6-5-15(29)10-28)20(31-21)12-7-13(23)9-14(24)8-12/h2-4,7-9,15,29H,5-6,10H2,1H3,(H,26,27). The van der Waals surface area contributed by atoms with Gasteiger partial charge in [-0.05, 0) is 36.6 Å². The summed E-state index contributed by atoms with van der Waals surface area (Å²) < 4.78 is 27.9. The van der Waals surface area contributed by atoms with Crippen molar-refractivity contribution < 1.29 is 18.7 Å². The second-order valence-electron chi connectivity index (χ2n) is 7.62. The number of carbonyl (C=O) groups is 1. The van der Waals surface area contributed by atoms with Gasteiger partial charge in [-0.25, -0.2) is 13.8 Å². The molecule has 2 aromatic heterocycles. The van der Waals surface area contributed by atoms with Gasteiger partial charge in [-0.15, -0.1) is 11.3 Å². The van der Waals surface area contributed by atoms with Crippen molar-refractivity contribution in [2.75, 3.05) is 13.1 Å². The zero-order valence-corrected chi connectivity index (χ0v) is 17.3. The molecule has 0 radical (unpaired) electrons. The zero-order valence-electron chi connectivity index (χ0n) is 16.5. The fourth-order valence-corrected chi connectivity index (χ4v) is 4.92. The topological polar surface area (TPSA) is 82.1 Å². The number of nitrogens with zero attached hydrogens (tertiary/aromatic N) is 3. The summed E-state index contributed by atoms with van der Waals surface area (Å²) in [6, 6.07) is 8.92. The van der Waals surface area contributed by atoms with Gasteiger partial charge in [0, 0.05) is 24.5 Å². The van der Waals surface area contributed by atoms with Gasteiger partial charge in [0.25, 0.3) is 5.91 Å². The molecule has 31 heavy (non-hydrogen) atoms. The highest BCUT2D eigenvalue weighted by atomic mass is 32.1. The molecule has 1 unspecified atom stereocenters. The number of hydrogen-bond donors (Lipinski definition) is 2. The molecule has 158 valence electrons. The summed E-state index contributed by atoms with van der Waals surface area (Å²) in [5.74, 6) is -1.85. The number of amides is 1. The number of likely N-dealkylation sites (tertiary alicyclic amines) is 1. The first kappa shape index (κ1) is 19.8. The van der Waals surface area contributed by atoms with Gasteiger partial charge >= 0.3 is 0 Å². The van der Waals surface area contributed by atoms with Gasteiger partial charge in [0.15, 0.2) is 0 Å². The molecule has 2 N–H and O–H groups in total. The van der Waals surface area contributed by atoms with E-state index in [9.17, 15) is 18.7 Å². The molecule has 0 aliphatic carbocycles. The number of aryl methyl sites for hydroxylation is 1. The number of thiazole rings is 1. The first-order chi connectivity index (χ1) is 14.9. The largest absolute Gasteiger partial charge is 0.391 e. The second-order valence-corrected chi connectivity index (χ2v) is 8.62. The zero-order chi connectivity index (χ0) is 21.7. The Kier molecular flexibility index (Phi) is 4.79. The number of aromatic amines is 1. The number of fused-ring (bicyclic) bond motifs is 1. The fraction of sp³-hybridized carbons (Fsp3) is 0.227. The van der Waals surface area contributed by atoms with E-state index >= 15 is 0 Å². The lowest BCUT2D eigenvalue weighted by Gasteiger charge is -2.15. The molecule has 1 amide bonds. The number of hydrogen-bond acceptors (Lipinski definition) is 5. The number of aliphatic hydroxyl groups excluding tert-OH is 1. The number of benzene rings is 2. The van der Waals surface area contributed by atoms with Crippen LogP contribution in [0.3, 0.4) is 0 Å². The van der Waals surface area contributed by atoms with E-state index in [2.05, 4.69) is 15.2 Å². The molecule has 1 fully saturated rings. The van der Waals surface area contributed by atoms with Crippen LogP contribution in [-0.4, -0.2) is 50.3 Å². The van der Waals surface area contributed by atoms with E-state index in [1.54, 1.807) is 0 Å². The lowest BCUT2D eigenvalue weighted by atomic mass is 10.1. The maximum Gasteiger partial charge on any atom is 0.274 e. The van der Waals surface area contributed by atoms with Gasteiger partial charge in [-0.2, -0.15) is 5.10 Å². The minimum Gasteiger partial charge on any atom is -0.391 e. The summed E-state index contributed by atoms with van der Waals surface area (Å²) in [6.07, 6.45) is -0.106. The quantitative estimate of drug-likeness (QED) is 0.502. The first-order valence-corrected chi connectivity index (χ1v) is 10.6. The Bertz CT molecular complexity index is 1300. The van der Waals surface area contributed by atoms with Crippen LogP contribution in [0.4, 0.5) is 8.78 Å². The number of H-pyrrole nitrogens is 1. The average molecular weight is 440 g/mol. The molecule has 1 aliphatic rings. The molecule has 3 heterocycles. The Balaban J connectivity index is 1.68. The minimum absolute atomic E-state index is 0.0999. The summed E-state index contributed by atoms with van der Waals surface area (Å²) in [4.78, 5) is 19.6. The highest BCUT2D eigenvalue weighted by Crippen LogP contribution is 2.39. The summed E-state index contributed by atoms with van der Waals surface area (Å²) in [5.41, 5.74) is 2.79. The maximum absolute atomic E-state index is 13.9. The first-order valence-electron chi connectivity index (χ1n) is 9.79. The number of carbonyl (C=O) groups excluding carboxylic acids is 1. The van der Waals surface area contributed by atoms with Crippen molar-refractivity contribution in [2.45, 2.75) is 19.4 Å². The molecule has 0 spiro atoms. The number of β-amino-alcohol motifs (C(OH)–C–C–N with tert-alkyl or cyclic N) is 1. The number of aromatic nitrogens is 3.